The van der Waals surface area contributed by atoms with Crippen LogP contribution in [-0.4, -0.2) is 90.6 Å². The van der Waals surface area contributed by atoms with Crippen LogP contribution in [0.4, 0.5) is 0 Å². The average Bonchev–Trinajstić information content (AvgIpc) is 3.82. The molecule has 0 aliphatic carbocycles. The van der Waals surface area contributed by atoms with E-state index in [2.05, 4.69) is 138 Å². The summed E-state index contributed by atoms with van der Waals surface area (Å²) in [5, 5.41) is 0.126. The van der Waals surface area contributed by atoms with Gasteiger partial charge in [0.15, 0.2) is 0 Å². The number of hydrogen-bond donors (Lipinski definition) is 0. The minimum absolute atomic E-state index is 0.00461. The SMILES string of the molecule is C=CCCC[C@@H](OS(C)(=O)=O)[C@H]1CC[C@@H]([C@H](CC[C@H](O[Si](C(C)(C)C)C(C)(C)C)[C@@H]2CC[C@H]([C@H](CCCCCCCCCC)O[Si](C(C)(C)C)C(C)(C)C)O2)O[Si](C(C)(C)C)C(C)(C)C)O1. The standard InChI is InChI=1S/C54H107O8SSi3/c1-22-24-26-27-28-29-30-32-34-46(60-64(49(3,4)5)50(6,7)8)42-37-38-44(58-42)48(62-66(53(15,16)17)54(18,19)20)40-39-47(61-65(51(9,10)11)52(12,13)14)43-36-35-41(57-43)45(33-31-25-23-2)59-63(21,55)56/h23,41-48H,2,22,24-40H2,1,3-21H3/t41-,42-,43+,44+,45-,46+,47+,48+/m1/s1. The topological polar surface area (TPSA) is 89.5 Å². The molecular formula is C54H107O8SSi3. The summed E-state index contributed by atoms with van der Waals surface area (Å²) in [5.41, 5.74) is 0. The van der Waals surface area contributed by atoms with Gasteiger partial charge in [0.25, 0.3) is 10.1 Å². The zero-order chi connectivity index (χ0) is 50.5. The van der Waals surface area contributed by atoms with Gasteiger partial charge in [0.1, 0.15) is 6.10 Å². The Morgan fingerprint density at radius 3 is 1.08 bits per heavy atom. The van der Waals surface area contributed by atoms with E-state index in [4.69, 9.17) is 26.9 Å². The van der Waals surface area contributed by atoms with E-state index in [0.717, 1.165) is 64.0 Å². The number of hydrogen-bond acceptors (Lipinski definition) is 8. The molecule has 0 amide bonds. The molecule has 2 saturated heterocycles. The third-order valence-corrected chi connectivity index (χ3v) is 23.4. The molecule has 0 spiro atoms. The van der Waals surface area contributed by atoms with Gasteiger partial charge in [-0.1, -0.05) is 189 Å². The lowest BCUT2D eigenvalue weighted by molar-refractivity contribution is -0.0827. The zero-order valence-electron chi connectivity index (χ0n) is 46.8. The van der Waals surface area contributed by atoms with Crippen LogP contribution in [0.1, 0.15) is 247 Å². The fourth-order valence-corrected chi connectivity index (χ4v) is 22.4. The number of allylic oxidation sites excluding steroid dienone is 1. The van der Waals surface area contributed by atoms with Crippen molar-refractivity contribution in [3.8, 4) is 0 Å². The highest BCUT2D eigenvalue weighted by atomic mass is 32.2. The number of unbranched alkanes of at least 4 members (excludes halogenated alkanes) is 8. The normalized spacial score (nSPS) is 22.7. The van der Waals surface area contributed by atoms with Crippen LogP contribution in [0.3, 0.4) is 0 Å². The van der Waals surface area contributed by atoms with Gasteiger partial charge in [-0.15, -0.1) is 6.58 Å². The van der Waals surface area contributed by atoms with Gasteiger partial charge in [-0.25, -0.2) is 0 Å². The van der Waals surface area contributed by atoms with Crippen LogP contribution in [0.5, 0.6) is 0 Å². The van der Waals surface area contributed by atoms with E-state index in [1.54, 1.807) is 0 Å². The highest BCUT2D eigenvalue weighted by Gasteiger charge is 2.49. The minimum Gasteiger partial charge on any atom is -0.410 e. The van der Waals surface area contributed by atoms with E-state index in [0.29, 0.717) is 6.42 Å². The van der Waals surface area contributed by atoms with Crippen molar-refractivity contribution in [3.05, 3.63) is 12.7 Å². The van der Waals surface area contributed by atoms with E-state index in [-0.39, 0.29) is 73.0 Å². The molecule has 2 heterocycles. The largest absolute Gasteiger partial charge is 0.410 e. The molecule has 0 saturated carbocycles. The summed E-state index contributed by atoms with van der Waals surface area (Å²) in [5.74, 6) is 0. The Kier molecular flexibility index (Phi) is 25.2. The van der Waals surface area contributed by atoms with Crippen molar-refractivity contribution in [3.63, 3.8) is 0 Å². The first kappa shape index (κ1) is 62.2. The Bertz CT molecular complexity index is 1440. The summed E-state index contributed by atoms with van der Waals surface area (Å²) in [7, 11) is -7.68. The van der Waals surface area contributed by atoms with Crippen LogP contribution in [0.25, 0.3) is 0 Å². The molecule has 66 heavy (non-hydrogen) atoms. The van der Waals surface area contributed by atoms with Gasteiger partial charge in [-0.05, 0) is 94.4 Å². The summed E-state index contributed by atoms with van der Waals surface area (Å²) < 4.78 is 67.7. The summed E-state index contributed by atoms with van der Waals surface area (Å²) in [6.07, 6.45) is 20.3. The van der Waals surface area contributed by atoms with Gasteiger partial charge in [-0.3, -0.25) is 4.18 Å². The quantitative estimate of drug-likeness (QED) is 0.0331. The van der Waals surface area contributed by atoms with Crippen LogP contribution >= 0.6 is 0 Å². The first-order valence-electron chi connectivity index (χ1n) is 26.5. The first-order chi connectivity index (χ1) is 30.1. The van der Waals surface area contributed by atoms with Crippen LogP contribution in [0.2, 0.25) is 30.2 Å². The molecule has 8 atom stereocenters. The minimum atomic E-state index is -3.67. The molecular weight excluding hydrogens is 893 g/mol. The second kappa shape index (κ2) is 26.7. The predicted molar refractivity (Wildman–Crippen MR) is 286 cm³/mol. The first-order valence-corrected chi connectivity index (χ1v) is 32.6. The molecule has 0 N–H and O–H groups in total. The third-order valence-electron chi connectivity index (χ3n) is 13.0. The Labute approximate surface area is 415 Å². The Balaban J connectivity index is 2.57. The van der Waals surface area contributed by atoms with Crippen LogP contribution in [0, 0.1) is 0 Å². The van der Waals surface area contributed by atoms with Crippen molar-refractivity contribution in [1.29, 1.82) is 0 Å². The van der Waals surface area contributed by atoms with Gasteiger partial charge in [0, 0.05) is 0 Å². The average molecular weight is 1000 g/mol. The molecule has 0 bridgehead atoms. The summed E-state index contributed by atoms with van der Waals surface area (Å²) in [6.45, 7) is 48.4. The molecule has 2 aliphatic heterocycles. The van der Waals surface area contributed by atoms with Gasteiger partial charge < -0.3 is 22.8 Å². The van der Waals surface area contributed by atoms with Crippen molar-refractivity contribution >= 4 is 37.2 Å². The van der Waals surface area contributed by atoms with Gasteiger partial charge in [-0.2, -0.15) is 8.42 Å². The van der Waals surface area contributed by atoms with Crippen molar-refractivity contribution in [2.24, 2.45) is 0 Å². The Morgan fingerprint density at radius 2 is 0.773 bits per heavy atom. The van der Waals surface area contributed by atoms with Crippen molar-refractivity contribution < 1.29 is 35.4 Å². The molecule has 0 unspecified atom stereocenters. The molecule has 2 fully saturated rings. The molecule has 389 valence electrons. The third kappa shape index (κ3) is 22.3. The van der Waals surface area contributed by atoms with E-state index < -0.39 is 43.3 Å². The van der Waals surface area contributed by atoms with Gasteiger partial charge in [0.2, 0.25) is 27.1 Å². The highest BCUT2D eigenvalue weighted by molar-refractivity contribution is 7.86. The lowest BCUT2D eigenvalue weighted by Gasteiger charge is -2.43. The second-order valence-corrected chi connectivity index (χ2v) is 39.7. The maximum absolute atomic E-state index is 12.5. The predicted octanol–water partition coefficient (Wildman–Crippen LogP) is 16.0. The summed E-state index contributed by atoms with van der Waals surface area (Å²) in [6, 6.07) is 0. The second-order valence-electron chi connectivity index (χ2n) is 26.4. The molecule has 3 radical (unpaired) electrons. The highest BCUT2D eigenvalue weighted by Crippen LogP contribution is 2.48. The fraction of sp³-hybridized carbons (Fsp3) is 0.963. The molecule has 0 aromatic carbocycles. The molecule has 2 rings (SSSR count). The molecule has 0 aromatic heterocycles. The Morgan fingerprint density at radius 1 is 0.485 bits per heavy atom. The van der Waals surface area contributed by atoms with E-state index >= 15 is 0 Å². The van der Waals surface area contributed by atoms with Crippen molar-refractivity contribution in [2.75, 3.05) is 6.26 Å². The smallest absolute Gasteiger partial charge is 0.264 e. The van der Waals surface area contributed by atoms with Crippen LogP contribution in [-0.2, 0) is 37.1 Å². The zero-order valence-corrected chi connectivity index (χ0v) is 50.6. The molecule has 0 aromatic rings. The van der Waals surface area contributed by atoms with Gasteiger partial charge >= 0.3 is 0 Å². The molecule has 12 heteroatoms. The molecule has 2 aliphatic rings. The number of rotatable bonds is 28. The Hall–Kier alpha value is 0.101. The van der Waals surface area contributed by atoms with Crippen molar-refractivity contribution in [2.45, 2.75) is 326 Å². The number of ether oxygens (including phenoxy) is 2. The van der Waals surface area contributed by atoms with E-state index in [9.17, 15) is 8.42 Å². The lowest BCUT2D eigenvalue weighted by atomic mass is 9.98. The van der Waals surface area contributed by atoms with E-state index in [1.807, 2.05) is 6.08 Å². The maximum atomic E-state index is 12.5. The van der Waals surface area contributed by atoms with Gasteiger partial charge in [0.05, 0.1) is 49.0 Å². The lowest BCUT2D eigenvalue weighted by Crippen LogP contribution is -2.47. The molecule has 8 nitrogen and oxygen atoms in total. The summed E-state index contributed by atoms with van der Waals surface area (Å²) in [4.78, 5) is 0. The van der Waals surface area contributed by atoms with E-state index in [1.165, 1.54) is 51.4 Å². The summed E-state index contributed by atoms with van der Waals surface area (Å²) >= 11 is 0. The monoisotopic (exact) mass is 1000 g/mol. The fourth-order valence-electron chi connectivity index (χ4n) is 11.1. The van der Waals surface area contributed by atoms with Crippen molar-refractivity contribution in [1.82, 2.24) is 0 Å². The van der Waals surface area contributed by atoms with Crippen LogP contribution < -0.4 is 0 Å². The maximum Gasteiger partial charge on any atom is 0.264 e. The van der Waals surface area contributed by atoms with Crippen LogP contribution in [0.15, 0.2) is 12.7 Å².